The first-order valence-corrected chi connectivity index (χ1v) is 8.21. The number of carbonyl (C=O) groups is 2. The molecule has 0 bridgehead atoms. The molecule has 3 rings (SSSR count). The van der Waals surface area contributed by atoms with Crippen molar-refractivity contribution in [1.82, 2.24) is 9.78 Å². The van der Waals surface area contributed by atoms with Gasteiger partial charge in [0, 0.05) is 11.8 Å². The molecule has 7 heteroatoms. The predicted molar refractivity (Wildman–Crippen MR) is 98.5 cm³/mol. The molecule has 132 valence electrons. The molecular weight excluding hydrogens is 354 g/mol. The van der Waals surface area contributed by atoms with Crippen LogP contribution in [0.2, 0.25) is 5.02 Å². The number of nitrogens with one attached hydrogen (secondary N) is 1. The summed E-state index contributed by atoms with van der Waals surface area (Å²) >= 11 is 6.17. The number of amides is 1. The Morgan fingerprint density at radius 3 is 2.38 bits per heavy atom. The van der Waals surface area contributed by atoms with Gasteiger partial charge in [-0.1, -0.05) is 41.9 Å². The minimum Gasteiger partial charge on any atom is -0.465 e. The SMILES string of the molecule is COC(=O)c1ccc(C(=O)Nc2nn(Cc3ccccc3)cc2Cl)cc1. The van der Waals surface area contributed by atoms with Crippen molar-refractivity contribution in [3.05, 3.63) is 82.5 Å². The number of hydrogen-bond donors (Lipinski definition) is 1. The fourth-order valence-electron chi connectivity index (χ4n) is 2.39. The van der Waals surface area contributed by atoms with Gasteiger partial charge in [-0.3, -0.25) is 9.48 Å². The van der Waals surface area contributed by atoms with E-state index in [1.165, 1.54) is 31.4 Å². The van der Waals surface area contributed by atoms with Crippen molar-refractivity contribution in [2.45, 2.75) is 6.54 Å². The number of esters is 1. The molecular formula is C19H16ClN3O3. The van der Waals surface area contributed by atoms with E-state index in [-0.39, 0.29) is 11.7 Å². The first-order valence-electron chi connectivity index (χ1n) is 7.83. The zero-order valence-electron chi connectivity index (χ0n) is 14.0. The van der Waals surface area contributed by atoms with Gasteiger partial charge in [-0.25, -0.2) is 4.79 Å². The predicted octanol–water partition coefficient (Wildman–Crippen LogP) is 3.62. The molecule has 0 atom stereocenters. The molecule has 1 N–H and O–H groups in total. The van der Waals surface area contributed by atoms with E-state index < -0.39 is 5.97 Å². The first-order chi connectivity index (χ1) is 12.6. The summed E-state index contributed by atoms with van der Waals surface area (Å²) in [6, 6.07) is 15.9. The highest BCUT2D eigenvalue weighted by atomic mass is 35.5. The third kappa shape index (κ3) is 4.10. The van der Waals surface area contributed by atoms with Crippen LogP contribution in [-0.2, 0) is 11.3 Å². The van der Waals surface area contributed by atoms with Gasteiger partial charge < -0.3 is 10.1 Å². The van der Waals surface area contributed by atoms with Crippen LogP contribution in [0.5, 0.6) is 0 Å². The molecule has 0 aliphatic carbocycles. The normalized spacial score (nSPS) is 10.4. The Morgan fingerprint density at radius 1 is 1.08 bits per heavy atom. The molecule has 0 aliphatic heterocycles. The van der Waals surface area contributed by atoms with Crippen LogP contribution in [0.3, 0.4) is 0 Å². The molecule has 0 aliphatic rings. The number of halogens is 1. The van der Waals surface area contributed by atoms with Crippen molar-refractivity contribution in [1.29, 1.82) is 0 Å². The third-order valence-electron chi connectivity index (χ3n) is 3.70. The summed E-state index contributed by atoms with van der Waals surface area (Å²) in [7, 11) is 1.30. The summed E-state index contributed by atoms with van der Waals surface area (Å²) < 4.78 is 6.29. The lowest BCUT2D eigenvalue weighted by molar-refractivity contribution is 0.0600. The van der Waals surface area contributed by atoms with E-state index in [2.05, 4.69) is 15.2 Å². The van der Waals surface area contributed by atoms with Gasteiger partial charge in [0.15, 0.2) is 5.82 Å². The number of anilines is 1. The Bertz CT molecular complexity index is 921. The lowest BCUT2D eigenvalue weighted by Gasteiger charge is -2.04. The highest BCUT2D eigenvalue weighted by Crippen LogP contribution is 2.21. The van der Waals surface area contributed by atoms with Crippen molar-refractivity contribution in [3.8, 4) is 0 Å². The Hall–Kier alpha value is -3.12. The minimum atomic E-state index is -0.459. The zero-order chi connectivity index (χ0) is 18.5. The van der Waals surface area contributed by atoms with Gasteiger partial charge in [-0.05, 0) is 29.8 Å². The summed E-state index contributed by atoms with van der Waals surface area (Å²) in [6.45, 7) is 0.546. The molecule has 6 nitrogen and oxygen atoms in total. The molecule has 0 unspecified atom stereocenters. The van der Waals surface area contributed by atoms with Crippen molar-refractivity contribution >= 4 is 29.3 Å². The van der Waals surface area contributed by atoms with Gasteiger partial charge in [0.1, 0.15) is 5.02 Å². The van der Waals surface area contributed by atoms with E-state index in [0.717, 1.165) is 5.56 Å². The Labute approximate surface area is 155 Å². The number of nitrogens with zero attached hydrogens (tertiary/aromatic N) is 2. The number of aromatic nitrogens is 2. The maximum absolute atomic E-state index is 12.3. The number of methoxy groups -OCH3 is 1. The highest BCUT2D eigenvalue weighted by Gasteiger charge is 2.13. The molecule has 1 amide bonds. The van der Waals surface area contributed by atoms with Gasteiger partial charge in [0.05, 0.1) is 19.2 Å². The second-order valence-electron chi connectivity index (χ2n) is 5.53. The topological polar surface area (TPSA) is 73.2 Å². The number of carbonyl (C=O) groups excluding carboxylic acids is 2. The quantitative estimate of drug-likeness (QED) is 0.697. The van der Waals surface area contributed by atoms with Crippen LogP contribution in [0.1, 0.15) is 26.3 Å². The van der Waals surface area contributed by atoms with Crippen LogP contribution in [0.25, 0.3) is 0 Å². The summed E-state index contributed by atoms with van der Waals surface area (Å²) in [6.07, 6.45) is 1.66. The molecule has 1 heterocycles. The summed E-state index contributed by atoms with van der Waals surface area (Å²) in [5, 5.41) is 7.33. The Balaban J connectivity index is 1.70. The number of ether oxygens (including phenoxy) is 1. The van der Waals surface area contributed by atoms with Crippen molar-refractivity contribution < 1.29 is 14.3 Å². The Kier molecular flexibility index (Phi) is 5.34. The molecule has 0 saturated heterocycles. The van der Waals surface area contributed by atoms with Gasteiger partial charge in [-0.15, -0.1) is 0 Å². The molecule has 3 aromatic rings. The van der Waals surface area contributed by atoms with E-state index in [1.54, 1.807) is 10.9 Å². The maximum atomic E-state index is 12.3. The van der Waals surface area contributed by atoms with E-state index in [9.17, 15) is 9.59 Å². The molecule has 0 fully saturated rings. The lowest BCUT2D eigenvalue weighted by atomic mass is 10.1. The lowest BCUT2D eigenvalue weighted by Crippen LogP contribution is -2.13. The van der Waals surface area contributed by atoms with E-state index in [0.29, 0.717) is 22.7 Å². The standard InChI is InChI=1S/C19H16ClN3O3/c1-26-19(25)15-9-7-14(8-10-15)18(24)21-17-16(20)12-23(22-17)11-13-5-3-2-4-6-13/h2-10,12H,11H2,1H3,(H,21,22,24). The molecule has 2 aromatic carbocycles. The van der Waals surface area contributed by atoms with Crippen LogP contribution >= 0.6 is 11.6 Å². The smallest absolute Gasteiger partial charge is 0.337 e. The second kappa shape index (κ2) is 7.84. The van der Waals surface area contributed by atoms with Crippen LogP contribution in [-0.4, -0.2) is 28.8 Å². The average Bonchev–Trinajstić information content (AvgIpc) is 3.00. The fourth-order valence-corrected chi connectivity index (χ4v) is 2.59. The van der Waals surface area contributed by atoms with Crippen LogP contribution in [0.4, 0.5) is 5.82 Å². The monoisotopic (exact) mass is 369 g/mol. The van der Waals surface area contributed by atoms with Gasteiger partial charge >= 0.3 is 5.97 Å². The summed E-state index contributed by atoms with van der Waals surface area (Å²) in [5.41, 5.74) is 1.82. The fraction of sp³-hybridized carbons (Fsp3) is 0.105. The Morgan fingerprint density at radius 2 is 1.73 bits per heavy atom. The highest BCUT2D eigenvalue weighted by molar-refractivity contribution is 6.33. The number of rotatable bonds is 5. The largest absolute Gasteiger partial charge is 0.465 e. The summed E-state index contributed by atoms with van der Waals surface area (Å²) in [4.78, 5) is 23.8. The maximum Gasteiger partial charge on any atom is 0.337 e. The van der Waals surface area contributed by atoms with Gasteiger partial charge in [0.2, 0.25) is 0 Å². The molecule has 0 saturated carbocycles. The van der Waals surface area contributed by atoms with Crippen LogP contribution in [0.15, 0.2) is 60.8 Å². The molecule has 1 aromatic heterocycles. The minimum absolute atomic E-state index is 0.282. The van der Waals surface area contributed by atoms with Gasteiger partial charge in [-0.2, -0.15) is 5.10 Å². The van der Waals surface area contributed by atoms with Crippen molar-refractivity contribution in [3.63, 3.8) is 0 Å². The molecule has 0 radical (unpaired) electrons. The van der Waals surface area contributed by atoms with E-state index in [1.807, 2.05) is 30.3 Å². The third-order valence-corrected chi connectivity index (χ3v) is 3.98. The van der Waals surface area contributed by atoms with Crippen LogP contribution < -0.4 is 5.32 Å². The van der Waals surface area contributed by atoms with Gasteiger partial charge in [0.25, 0.3) is 5.91 Å². The zero-order valence-corrected chi connectivity index (χ0v) is 14.7. The molecule has 0 spiro atoms. The average molecular weight is 370 g/mol. The van der Waals surface area contributed by atoms with Crippen molar-refractivity contribution in [2.24, 2.45) is 0 Å². The number of benzene rings is 2. The number of hydrogen-bond acceptors (Lipinski definition) is 4. The van der Waals surface area contributed by atoms with E-state index in [4.69, 9.17) is 11.6 Å². The van der Waals surface area contributed by atoms with Crippen molar-refractivity contribution in [2.75, 3.05) is 12.4 Å². The second-order valence-corrected chi connectivity index (χ2v) is 5.94. The first kappa shape index (κ1) is 17.7. The van der Waals surface area contributed by atoms with Crippen LogP contribution in [0, 0.1) is 0 Å². The van der Waals surface area contributed by atoms with E-state index >= 15 is 0 Å². The summed E-state index contributed by atoms with van der Waals surface area (Å²) in [5.74, 6) is -0.544. The molecule has 26 heavy (non-hydrogen) atoms.